The Morgan fingerprint density at radius 1 is 1.29 bits per heavy atom. The first kappa shape index (κ1) is 16.3. The van der Waals surface area contributed by atoms with Crippen LogP contribution in [0.25, 0.3) is 0 Å². The van der Waals surface area contributed by atoms with Crippen LogP contribution in [0.2, 0.25) is 0 Å². The van der Waals surface area contributed by atoms with Crippen molar-refractivity contribution in [2.24, 2.45) is 5.92 Å². The Hall–Kier alpha value is -1.06. The molecule has 1 unspecified atom stereocenters. The molecule has 0 radical (unpaired) electrons. The topological polar surface area (TPSA) is 24.5 Å². The first-order valence-corrected chi connectivity index (χ1v) is 8.21. The first-order chi connectivity index (χ1) is 10.2. The normalized spacial score (nSPS) is 17.9. The van der Waals surface area contributed by atoms with Crippen molar-refractivity contribution in [1.29, 1.82) is 0 Å². The summed E-state index contributed by atoms with van der Waals surface area (Å²) in [5.41, 5.74) is 1.32. The van der Waals surface area contributed by atoms with Crippen LogP contribution in [0.15, 0.2) is 24.3 Å². The lowest BCUT2D eigenvalue weighted by atomic mass is 9.83. The number of hydrogen-bond acceptors (Lipinski definition) is 3. The molecule has 21 heavy (non-hydrogen) atoms. The number of methoxy groups -OCH3 is 1. The second-order valence-electron chi connectivity index (χ2n) is 6.34. The molecular formula is C18H30N2O. The third kappa shape index (κ3) is 5.01. The van der Waals surface area contributed by atoms with Crippen LogP contribution in [0, 0.1) is 5.92 Å². The van der Waals surface area contributed by atoms with Gasteiger partial charge in [-0.25, -0.2) is 0 Å². The molecule has 0 amide bonds. The summed E-state index contributed by atoms with van der Waals surface area (Å²) in [6, 6.07) is 8.99. The third-order valence-electron chi connectivity index (χ3n) is 4.68. The average molecular weight is 290 g/mol. The van der Waals surface area contributed by atoms with Crippen LogP contribution in [0.3, 0.4) is 0 Å². The van der Waals surface area contributed by atoms with E-state index in [2.05, 4.69) is 42.5 Å². The minimum Gasteiger partial charge on any atom is -0.497 e. The number of nitrogens with zero attached hydrogens (tertiary/aromatic N) is 1. The highest BCUT2D eigenvalue weighted by atomic mass is 16.5. The van der Waals surface area contributed by atoms with Gasteiger partial charge in [0.1, 0.15) is 5.75 Å². The number of rotatable bonds is 7. The van der Waals surface area contributed by atoms with E-state index in [1.165, 1.54) is 37.7 Å². The molecule has 3 heteroatoms. The molecule has 3 nitrogen and oxygen atoms in total. The van der Waals surface area contributed by atoms with Gasteiger partial charge in [0.15, 0.2) is 0 Å². The number of benzene rings is 1. The fourth-order valence-corrected chi connectivity index (χ4v) is 3.50. The highest BCUT2D eigenvalue weighted by Gasteiger charge is 2.23. The van der Waals surface area contributed by atoms with E-state index in [0.717, 1.165) is 24.8 Å². The zero-order chi connectivity index (χ0) is 15.1. The number of likely N-dealkylation sites (N-methyl/N-ethyl adjacent to an activating group) is 2. The van der Waals surface area contributed by atoms with Crippen molar-refractivity contribution in [3.05, 3.63) is 29.8 Å². The summed E-state index contributed by atoms with van der Waals surface area (Å²) in [5, 5.41) is 3.54. The van der Waals surface area contributed by atoms with Gasteiger partial charge in [0.05, 0.1) is 7.11 Å². The van der Waals surface area contributed by atoms with Gasteiger partial charge in [-0.05, 0) is 50.6 Å². The largest absolute Gasteiger partial charge is 0.497 e. The second kappa shape index (κ2) is 8.40. The highest BCUT2D eigenvalue weighted by molar-refractivity contribution is 5.28. The fourth-order valence-electron chi connectivity index (χ4n) is 3.50. The van der Waals surface area contributed by atoms with Gasteiger partial charge in [-0.1, -0.05) is 31.4 Å². The van der Waals surface area contributed by atoms with Crippen LogP contribution < -0.4 is 10.1 Å². The molecule has 0 heterocycles. The maximum atomic E-state index is 5.30. The van der Waals surface area contributed by atoms with E-state index in [4.69, 9.17) is 4.74 Å². The Morgan fingerprint density at radius 3 is 2.71 bits per heavy atom. The van der Waals surface area contributed by atoms with E-state index in [0.29, 0.717) is 6.04 Å². The SMILES string of the molecule is CNC(CN(C)Cc1cccc(OC)c1)C1CCCCC1. The minimum absolute atomic E-state index is 0.612. The van der Waals surface area contributed by atoms with Crippen molar-refractivity contribution in [2.45, 2.75) is 44.7 Å². The molecule has 0 aromatic heterocycles. The monoisotopic (exact) mass is 290 g/mol. The summed E-state index contributed by atoms with van der Waals surface area (Å²) in [5.74, 6) is 1.79. The molecule has 0 bridgehead atoms. The number of hydrogen-bond donors (Lipinski definition) is 1. The van der Waals surface area contributed by atoms with Crippen LogP contribution in [0.5, 0.6) is 5.75 Å². The molecular weight excluding hydrogens is 260 g/mol. The van der Waals surface area contributed by atoms with E-state index < -0.39 is 0 Å². The number of nitrogens with one attached hydrogen (secondary N) is 1. The van der Waals surface area contributed by atoms with Crippen LogP contribution in [-0.2, 0) is 6.54 Å². The van der Waals surface area contributed by atoms with Crippen molar-refractivity contribution < 1.29 is 4.74 Å². The molecule has 1 N–H and O–H groups in total. The summed E-state index contributed by atoms with van der Waals surface area (Å²) in [6.45, 7) is 2.08. The van der Waals surface area contributed by atoms with Crippen molar-refractivity contribution in [3.63, 3.8) is 0 Å². The summed E-state index contributed by atoms with van der Waals surface area (Å²) in [6.07, 6.45) is 7.01. The second-order valence-corrected chi connectivity index (χ2v) is 6.34. The molecule has 1 atom stereocenters. The van der Waals surface area contributed by atoms with Crippen LogP contribution in [0.4, 0.5) is 0 Å². The van der Waals surface area contributed by atoms with Crippen molar-refractivity contribution in [1.82, 2.24) is 10.2 Å². The quantitative estimate of drug-likeness (QED) is 0.834. The molecule has 0 aliphatic heterocycles. The lowest BCUT2D eigenvalue weighted by Gasteiger charge is -2.33. The maximum Gasteiger partial charge on any atom is 0.119 e. The van der Waals surface area contributed by atoms with Crippen molar-refractivity contribution in [3.8, 4) is 5.75 Å². The van der Waals surface area contributed by atoms with Crippen LogP contribution in [0.1, 0.15) is 37.7 Å². The maximum absolute atomic E-state index is 5.30. The van der Waals surface area contributed by atoms with Gasteiger partial charge in [0.2, 0.25) is 0 Å². The lowest BCUT2D eigenvalue weighted by Crippen LogP contribution is -2.43. The van der Waals surface area contributed by atoms with E-state index in [1.54, 1.807) is 7.11 Å². The molecule has 1 fully saturated rings. The molecule has 0 saturated heterocycles. The Labute approximate surface area is 129 Å². The molecule has 118 valence electrons. The third-order valence-corrected chi connectivity index (χ3v) is 4.68. The van der Waals surface area contributed by atoms with E-state index in [9.17, 15) is 0 Å². The van der Waals surface area contributed by atoms with Gasteiger partial charge in [-0.15, -0.1) is 0 Å². The zero-order valence-corrected chi connectivity index (χ0v) is 13.8. The summed E-state index contributed by atoms with van der Waals surface area (Å²) in [4.78, 5) is 2.42. The van der Waals surface area contributed by atoms with Gasteiger partial charge >= 0.3 is 0 Å². The summed E-state index contributed by atoms with van der Waals surface area (Å²) >= 11 is 0. The first-order valence-electron chi connectivity index (χ1n) is 8.21. The van der Waals surface area contributed by atoms with Gasteiger partial charge < -0.3 is 15.0 Å². The summed E-state index contributed by atoms with van der Waals surface area (Å²) < 4.78 is 5.30. The molecule has 1 saturated carbocycles. The van der Waals surface area contributed by atoms with Crippen molar-refractivity contribution in [2.75, 3.05) is 27.7 Å². The van der Waals surface area contributed by atoms with Gasteiger partial charge in [0.25, 0.3) is 0 Å². The Bertz CT molecular complexity index is 415. The predicted octanol–water partition coefficient (Wildman–Crippen LogP) is 3.30. The van der Waals surface area contributed by atoms with Gasteiger partial charge in [0, 0.05) is 19.1 Å². The smallest absolute Gasteiger partial charge is 0.119 e. The molecule has 1 aromatic carbocycles. The summed E-state index contributed by atoms with van der Waals surface area (Å²) in [7, 11) is 6.05. The highest BCUT2D eigenvalue weighted by Crippen LogP contribution is 2.27. The lowest BCUT2D eigenvalue weighted by molar-refractivity contribution is 0.208. The van der Waals surface area contributed by atoms with Crippen LogP contribution in [-0.4, -0.2) is 38.7 Å². The zero-order valence-electron chi connectivity index (χ0n) is 13.8. The minimum atomic E-state index is 0.612. The fraction of sp³-hybridized carbons (Fsp3) is 0.667. The predicted molar refractivity (Wildman–Crippen MR) is 88.8 cm³/mol. The van der Waals surface area contributed by atoms with E-state index in [-0.39, 0.29) is 0 Å². The Kier molecular flexibility index (Phi) is 6.52. The number of ether oxygens (including phenoxy) is 1. The Morgan fingerprint density at radius 2 is 2.05 bits per heavy atom. The van der Waals surface area contributed by atoms with E-state index in [1.807, 2.05) is 6.07 Å². The standard InChI is InChI=1S/C18H30N2O/c1-19-18(16-9-5-4-6-10-16)14-20(2)13-15-8-7-11-17(12-15)21-3/h7-8,11-12,16,18-19H,4-6,9-10,13-14H2,1-3H3. The molecule has 1 aliphatic rings. The average Bonchev–Trinajstić information content (AvgIpc) is 2.53. The van der Waals surface area contributed by atoms with Gasteiger partial charge in [-0.2, -0.15) is 0 Å². The molecule has 2 rings (SSSR count). The van der Waals surface area contributed by atoms with E-state index >= 15 is 0 Å². The molecule has 0 spiro atoms. The van der Waals surface area contributed by atoms with Crippen LogP contribution >= 0.6 is 0 Å². The molecule has 1 aliphatic carbocycles. The Balaban J connectivity index is 1.87. The van der Waals surface area contributed by atoms with Gasteiger partial charge in [-0.3, -0.25) is 0 Å². The van der Waals surface area contributed by atoms with Crippen molar-refractivity contribution >= 4 is 0 Å². The molecule has 1 aromatic rings.